The molecule has 1 aromatic carbocycles. The van der Waals surface area contributed by atoms with E-state index >= 15 is 0 Å². The van der Waals surface area contributed by atoms with Gasteiger partial charge < -0.3 is 9.47 Å². The summed E-state index contributed by atoms with van der Waals surface area (Å²) in [4.78, 5) is 12.0. The van der Waals surface area contributed by atoms with E-state index in [9.17, 15) is 4.79 Å². The van der Waals surface area contributed by atoms with Gasteiger partial charge in [-0.3, -0.25) is 4.79 Å². The Bertz CT molecular complexity index is 463. The summed E-state index contributed by atoms with van der Waals surface area (Å²) < 4.78 is 10.6. The quantitative estimate of drug-likeness (QED) is 0.789. The summed E-state index contributed by atoms with van der Waals surface area (Å²) in [6.45, 7) is 4.10. The average Bonchev–Trinajstić information content (AvgIpc) is 2.30. The molecule has 0 aromatic heterocycles. The predicted molar refractivity (Wildman–Crippen MR) is 66.1 cm³/mol. The molecule has 0 spiro atoms. The zero-order valence-electron chi connectivity index (χ0n) is 10.8. The van der Waals surface area contributed by atoms with Gasteiger partial charge in [0.05, 0.1) is 14.2 Å². The number of Topliss-reactive ketones (excluding diaryl/α,β-unsaturated/α-hetero) is 1. The van der Waals surface area contributed by atoms with E-state index in [0.717, 1.165) is 28.9 Å². The molecule has 1 atom stereocenters. The number of carbonyl (C=O) groups excluding carboxylic acids is 1. The first-order chi connectivity index (χ1) is 8.08. The van der Waals surface area contributed by atoms with E-state index in [1.165, 1.54) is 0 Å². The molecule has 0 radical (unpaired) electrons. The molecule has 92 valence electrons. The second-order valence-electron chi connectivity index (χ2n) is 4.70. The molecule has 1 aromatic rings. The van der Waals surface area contributed by atoms with Crippen molar-refractivity contribution in [2.45, 2.75) is 26.7 Å². The number of ketones is 1. The van der Waals surface area contributed by atoms with Crippen LogP contribution in [0.1, 0.15) is 34.8 Å². The van der Waals surface area contributed by atoms with Gasteiger partial charge in [-0.25, -0.2) is 0 Å². The summed E-state index contributed by atoms with van der Waals surface area (Å²) in [7, 11) is 3.23. The number of hydrogen-bond acceptors (Lipinski definition) is 3. The zero-order chi connectivity index (χ0) is 12.6. The van der Waals surface area contributed by atoms with Crippen molar-refractivity contribution >= 4 is 5.78 Å². The fourth-order valence-corrected chi connectivity index (χ4v) is 2.57. The molecule has 3 nitrogen and oxygen atoms in total. The van der Waals surface area contributed by atoms with E-state index in [2.05, 4.69) is 6.92 Å². The topological polar surface area (TPSA) is 35.5 Å². The van der Waals surface area contributed by atoms with Crippen LogP contribution in [0.3, 0.4) is 0 Å². The van der Waals surface area contributed by atoms with Crippen molar-refractivity contribution in [2.24, 2.45) is 5.92 Å². The second-order valence-corrected chi connectivity index (χ2v) is 4.70. The minimum atomic E-state index is 0.211. The van der Waals surface area contributed by atoms with Crippen molar-refractivity contribution in [1.29, 1.82) is 0 Å². The largest absolute Gasteiger partial charge is 0.493 e. The average molecular weight is 234 g/mol. The molecular weight excluding hydrogens is 216 g/mol. The molecule has 1 aliphatic rings. The standard InChI is InChI=1S/C14H18O3/c1-8-5-10-9(2)14(17-4)13(16-3)7-11(10)12(15)6-8/h7-8H,5-6H2,1-4H3/t8-/m1/s1. The van der Waals surface area contributed by atoms with Crippen molar-refractivity contribution in [2.75, 3.05) is 14.2 Å². The van der Waals surface area contributed by atoms with Crippen molar-refractivity contribution in [3.63, 3.8) is 0 Å². The highest BCUT2D eigenvalue weighted by molar-refractivity contribution is 5.99. The molecule has 0 unspecified atom stereocenters. The lowest BCUT2D eigenvalue weighted by atomic mass is 9.81. The minimum absolute atomic E-state index is 0.211. The lowest BCUT2D eigenvalue weighted by Crippen LogP contribution is -2.19. The van der Waals surface area contributed by atoms with Gasteiger partial charge in [-0.05, 0) is 36.5 Å². The molecule has 17 heavy (non-hydrogen) atoms. The third kappa shape index (κ3) is 1.90. The first kappa shape index (κ1) is 12.0. The summed E-state index contributed by atoms with van der Waals surface area (Å²) in [6, 6.07) is 1.81. The van der Waals surface area contributed by atoms with Crippen molar-refractivity contribution in [3.8, 4) is 11.5 Å². The highest BCUT2D eigenvalue weighted by atomic mass is 16.5. The maximum Gasteiger partial charge on any atom is 0.163 e. The highest BCUT2D eigenvalue weighted by Gasteiger charge is 2.27. The number of hydrogen-bond donors (Lipinski definition) is 0. The van der Waals surface area contributed by atoms with Gasteiger partial charge in [0.1, 0.15) is 0 Å². The summed E-state index contributed by atoms with van der Waals surface area (Å²) in [5.41, 5.74) is 2.95. The van der Waals surface area contributed by atoms with Crippen LogP contribution in [-0.4, -0.2) is 20.0 Å². The summed E-state index contributed by atoms with van der Waals surface area (Å²) in [6.07, 6.45) is 1.56. The Kier molecular flexibility index (Phi) is 3.09. The minimum Gasteiger partial charge on any atom is -0.493 e. The molecule has 3 heteroatoms. The van der Waals surface area contributed by atoms with Crippen LogP contribution in [0.15, 0.2) is 6.07 Å². The van der Waals surface area contributed by atoms with Crippen molar-refractivity contribution in [3.05, 3.63) is 22.8 Å². The molecule has 0 bridgehead atoms. The van der Waals surface area contributed by atoms with E-state index in [0.29, 0.717) is 18.1 Å². The van der Waals surface area contributed by atoms with Gasteiger partial charge in [0.25, 0.3) is 0 Å². The van der Waals surface area contributed by atoms with Crippen LogP contribution in [0.25, 0.3) is 0 Å². The molecule has 0 saturated heterocycles. The molecule has 0 N–H and O–H groups in total. The molecule has 2 rings (SSSR count). The maximum absolute atomic E-state index is 12.0. The summed E-state index contributed by atoms with van der Waals surface area (Å²) in [5.74, 6) is 2.01. The first-order valence-electron chi connectivity index (χ1n) is 5.86. The third-order valence-electron chi connectivity index (χ3n) is 3.43. The molecule has 0 fully saturated rings. The predicted octanol–water partition coefficient (Wildman–Crippen LogP) is 2.78. The molecule has 0 heterocycles. The Hall–Kier alpha value is -1.51. The van der Waals surface area contributed by atoms with Gasteiger partial charge in [0.2, 0.25) is 0 Å². The number of methoxy groups -OCH3 is 2. The maximum atomic E-state index is 12.0. The van der Waals surface area contributed by atoms with E-state index < -0.39 is 0 Å². The van der Waals surface area contributed by atoms with Crippen molar-refractivity contribution < 1.29 is 14.3 Å². The fourth-order valence-electron chi connectivity index (χ4n) is 2.57. The van der Waals surface area contributed by atoms with Crippen LogP contribution in [0.2, 0.25) is 0 Å². The molecule has 0 amide bonds. The van der Waals surface area contributed by atoms with E-state index in [1.807, 2.05) is 13.0 Å². The number of carbonyl (C=O) groups is 1. The van der Waals surface area contributed by atoms with Gasteiger partial charge in [0, 0.05) is 12.0 Å². The van der Waals surface area contributed by atoms with Crippen LogP contribution in [-0.2, 0) is 6.42 Å². The molecule has 0 saturated carbocycles. The second kappa shape index (κ2) is 4.40. The fraction of sp³-hybridized carbons (Fsp3) is 0.500. The van der Waals surface area contributed by atoms with Crippen LogP contribution in [0, 0.1) is 12.8 Å². The van der Waals surface area contributed by atoms with Crippen LogP contribution < -0.4 is 9.47 Å². The normalized spacial score (nSPS) is 18.8. The monoisotopic (exact) mass is 234 g/mol. The third-order valence-corrected chi connectivity index (χ3v) is 3.43. The van der Waals surface area contributed by atoms with Gasteiger partial charge in [-0.2, -0.15) is 0 Å². The first-order valence-corrected chi connectivity index (χ1v) is 5.86. The molecule has 1 aliphatic carbocycles. The van der Waals surface area contributed by atoms with E-state index in [4.69, 9.17) is 9.47 Å². The van der Waals surface area contributed by atoms with E-state index in [1.54, 1.807) is 14.2 Å². The van der Waals surface area contributed by atoms with Crippen LogP contribution in [0.4, 0.5) is 0 Å². The molecular formula is C14H18O3. The Morgan fingerprint density at radius 2 is 1.94 bits per heavy atom. The lowest BCUT2D eigenvalue weighted by molar-refractivity contribution is 0.0952. The van der Waals surface area contributed by atoms with Gasteiger partial charge in [0.15, 0.2) is 17.3 Å². The highest BCUT2D eigenvalue weighted by Crippen LogP contribution is 2.39. The zero-order valence-corrected chi connectivity index (χ0v) is 10.8. The lowest BCUT2D eigenvalue weighted by Gasteiger charge is -2.24. The molecule has 0 aliphatic heterocycles. The number of benzene rings is 1. The Balaban J connectivity index is 2.64. The number of ether oxygens (including phenoxy) is 2. The SMILES string of the molecule is COc1cc2c(c(C)c1OC)C[C@@H](C)CC2=O. The van der Waals surface area contributed by atoms with Gasteiger partial charge >= 0.3 is 0 Å². The Morgan fingerprint density at radius 1 is 1.24 bits per heavy atom. The smallest absolute Gasteiger partial charge is 0.163 e. The van der Waals surface area contributed by atoms with E-state index in [-0.39, 0.29) is 5.78 Å². The van der Waals surface area contributed by atoms with Crippen LogP contribution in [0.5, 0.6) is 11.5 Å². The Labute approximate surface area is 102 Å². The van der Waals surface area contributed by atoms with Gasteiger partial charge in [-0.1, -0.05) is 6.92 Å². The van der Waals surface area contributed by atoms with Crippen LogP contribution >= 0.6 is 0 Å². The number of fused-ring (bicyclic) bond motifs is 1. The van der Waals surface area contributed by atoms with Gasteiger partial charge in [-0.15, -0.1) is 0 Å². The summed E-state index contributed by atoms with van der Waals surface area (Å²) in [5, 5.41) is 0. The van der Waals surface area contributed by atoms with Crippen molar-refractivity contribution in [1.82, 2.24) is 0 Å². The number of rotatable bonds is 2. The Morgan fingerprint density at radius 3 is 2.53 bits per heavy atom. The summed E-state index contributed by atoms with van der Waals surface area (Å²) >= 11 is 0.